The summed E-state index contributed by atoms with van der Waals surface area (Å²) in [7, 11) is 0. The van der Waals surface area contributed by atoms with Gasteiger partial charge in [-0.15, -0.1) is 0 Å². The molecule has 4 N–H and O–H groups in total. The normalized spacial score (nSPS) is 36.8. The number of rotatable bonds is 7. The number of hydrogen-bond donors (Lipinski definition) is 4. The van der Waals surface area contributed by atoms with E-state index in [1.165, 1.54) is 0 Å². The second kappa shape index (κ2) is 11.0. The predicted molar refractivity (Wildman–Crippen MR) is 175 cm³/mol. The molecule has 2 aliphatic rings. The van der Waals surface area contributed by atoms with Crippen LogP contribution in [0.25, 0.3) is 0 Å². The molecule has 6 nitrogen and oxygen atoms in total. The summed E-state index contributed by atoms with van der Waals surface area (Å²) in [6.45, 7) is 36.3. The molecule has 0 amide bonds. The maximum Gasteiger partial charge on any atom is 0.310 e. The van der Waals surface area contributed by atoms with Gasteiger partial charge in [0.2, 0.25) is 0 Å². The highest BCUT2D eigenvalue weighted by Gasteiger charge is 2.64. The average Bonchev–Trinajstić information content (AvgIpc) is 2.72. The monoisotopic (exact) mass is 593 g/mol. The number of piperidine rings is 2. The highest BCUT2D eigenvalue weighted by atomic mass is 16.4. The second-order valence-electron chi connectivity index (χ2n) is 19.4. The minimum atomic E-state index is -1.06. The Morgan fingerprint density at radius 1 is 0.595 bits per heavy atom. The summed E-state index contributed by atoms with van der Waals surface area (Å²) < 4.78 is 0. The van der Waals surface area contributed by atoms with Crippen LogP contribution >= 0.6 is 0 Å². The molecule has 4 unspecified atom stereocenters. The van der Waals surface area contributed by atoms with Crippen molar-refractivity contribution in [1.29, 1.82) is 0 Å². The average molecular weight is 593 g/mol. The third-order valence-corrected chi connectivity index (χ3v) is 13.2. The van der Waals surface area contributed by atoms with Crippen molar-refractivity contribution >= 4 is 11.9 Å². The molecule has 246 valence electrons. The fourth-order valence-corrected chi connectivity index (χ4v) is 7.97. The Kier molecular flexibility index (Phi) is 9.73. The van der Waals surface area contributed by atoms with E-state index < -0.39 is 17.4 Å². The highest BCUT2D eigenvalue weighted by Crippen LogP contribution is 2.61. The van der Waals surface area contributed by atoms with Gasteiger partial charge in [0.15, 0.2) is 0 Å². The van der Waals surface area contributed by atoms with E-state index in [-0.39, 0.29) is 62.1 Å². The Balaban J connectivity index is 2.94. The molecule has 2 heterocycles. The van der Waals surface area contributed by atoms with Gasteiger partial charge in [0.05, 0.1) is 5.41 Å². The quantitative estimate of drug-likeness (QED) is 0.236. The van der Waals surface area contributed by atoms with E-state index in [9.17, 15) is 19.8 Å². The molecule has 42 heavy (non-hydrogen) atoms. The molecule has 0 saturated carbocycles. The van der Waals surface area contributed by atoms with Gasteiger partial charge in [-0.3, -0.25) is 9.59 Å². The molecule has 2 fully saturated rings. The molecule has 2 rings (SSSR count). The first-order chi connectivity index (χ1) is 18.4. The molecule has 0 aromatic rings. The van der Waals surface area contributed by atoms with E-state index in [2.05, 4.69) is 121 Å². The van der Waals surface area contributed by atoms with Crippen LogP contribution in [-0.2, 0) is 9.59 Å². The summed E-state index contributed by atoms with van der Waals surface area (Å²) in [6.07, 6.45) is 3.70. The molecular formula is C36H68N2O4. The van der Waals surface area contributed by atoms with Gasteiger partial charge in [-0.05, 0) is 99.7 Å². The molecule has 0 aromatic heterocycles. The first kappa shape index (κ1) is 37.0. The minimum absolute atomic E-state index is 0.00880. The zero-order valence-corrected chi connectivity index (χ0v) is 30.3. The minimum Gasteiger partial charge on any atom is -0.481 e. The van der Waals surface area contributed by atoms with Crippen LogP contribution in [0.4, 0.5) is 0 Å². The second-order valence-corrected chi connectivity index (χ2v) is 19.4. The first-order valence-corrected chi connectivity index (χ1v) is 16.4. The number of carboxylic acids is 2. The summed E-state index contributed by atoms with van der Waals surface area (Å²) >= 11 is 0. The maximum atomic E-state index is 14.2. The lowest BCUT2D eigenvalue weighted by Gasteiger charge is -2.65. The zero-order valence-electron chi connectivity index (χ0n) is 30.3. The Hall–Kier alpha value is -1.14. The van der Waals surface area contributed by atoms with Crippen molar-refractivity contribution in [2.75, 3.05) is 0 Å². The van der Waals surface area contributed by atoms with Gasteiger partial charge in [-0.1, -0.05) is 83.1 Å². The Morgan fingerprint density at radius 3 is 1.05 bits per heavy atom. The van der Waals surface area contributed by atoms with Crippen molar-refractivity contribution in [3.8, 4) is 0 Å². The van der Waals surface area contributed by atoms with Gasteiger partial charge in [-0.25, -0.2) is 0 Å². The van der Waals surface area contributed by atoms with Crippen LogP contribution in [0, 0.1) is 38.9 Å². The SMILES string of the molecule is CC(C)(C)C1(C)CC(C(CCCC(=O)O)(C(=O)O)C2CC(C)(C(C)(C)C)NC(C)(C(C)(C)C)C2)CC(C)(C(C)(C)C)N1. The number of nitrogens with one attached hydrogen (secondary N) is 2. The molecule has 2 aliphatic heterocycles. The van der Waals surface area contributed by atoms with Crippen molar-refractivity contribution in [1.82, 2.24) is 10.6 Å². The molecule has 0 aromatic carbocycles. The lowest BCUT2D eigenvalue weighted by molar-refractivity contribution is -0.174. The van der Waals surface area contributed by atoms with Crippen LogP contribution in [0.15, 0.2) is 0 Å². The summed E-state index contributed by atoms with van der Waals surface area (Å²) in [5.41, 5.74) is -2.74. The molecule has 6 heteroatoms. The van der Waals surface area contributed by atoms with E-state index in [4.69, 9.17) is 0 Å². The van der Waals surface area contributed by atoms with E-state index in [1.54, 1.807) is 0 Å². The topological polar surface area (TPSA) is 98.7 Å². The molecule has 2 saturated heterocycles. The van der Waals surface area contributed by atoms with Gasteiger partial charge < -0.3 is 20.8 Å². The van der Waals surface area contributed by atoms with E-state index in [1.807, 2.05) is 0 Å². The molecule has 4 atom stereocenters. The highest BCUT2D eigenvalue weighted by molar-refractivity contribution is 5.76. The Bertz CT molecular complexity index is 891. The summed E-state index contributed by atoms with van der Waals surface area (Å²) in [4.78, 5) is 25.9. The fraction of sp³-hybridized carbons (Fsp3) is 0.944. The van der Waals surface area contributed by atoms with Gasteiger partial charge in [0.1, 0.15) is 0 Å². The zero-order chi connectivity index (χ0) is 33.2. The van der Waals surface area contributed by atoms with Gasteiger partial charge in [0.25, 0.3) is 0 Å². The van der Waals surface area contributed by atoms with Crippen LogP contribution in [0.5, 0.6) is 0 Å². The standard InChI is InChI=1S/C36H68N2O4/c1-28(2,3)32(13)20-24(21-33(14,37-32)29(4,5)6)36(27(41)42,19-17-18-26(39)40)25-22-34(15,30(7,8)9)38-35(16,23-25)31(10,11)12/h24-25,37-38H,17-23H2,1-16H3,(H,39,40)(H,41,42). The molecule has 0 bridgehead atoms. The van der Waals surface area contributed by atoms with Crippen molar-refractivity contribution in [2.24, 2.45) is 38.9 Å². The lowest BCUT2D eigenvalue weighted by Crippen LogP contribution is -2.73. The van der Waals surface area contributed by atoms with E-state index in [0.717, 1.165) is 25.7 Å². The fourth-order valence-electron chi connectivity index (χ4n) is 7.97. The summed E-state index contributed by atoms with van der Waals surface area (Å²) in [5.74, 6) is -1.83. The van der Waals surface area contributed by atoms with Crippen molar-refractivity contribution in [3.63, 3.8) is 0 Å². The number of carboxylic acid groups (broad SMARTS) is 2. The largest absolute Gasteiger partial charge is 0.481 e. The van der Waals surface area contributed by atoms with Crippen molar-refractivity contribution < 1.29 is 19.8 Å². The third-order valence-electron chi connectivity index (χ3n) is 13.2. The molecular weight excluding hydrogens is 524 g/mol. The molecule has 0 aliphatic carbocycles. The third kappa shape index (κ3) is 6.60. The Morgan fingerprint density at radius 2 is 0.857 bits per heavy atom. The van der Waals surface area contributed by atoms with E-state index >= 15 is 0 Å². The number of carbonyl (C=O) groups is 2. The van der Waals surface area contributed by atoms with Gasteiger partial charge >= 0.3 is 11.9 Å². The predicted octanol–water partition coefficient (Wildman–Crippen LogP) is 8.53. The van der Waals surface area contributed by atoms with Crippen molar-refractivity contribution in [2.45, 2.75) is 178 Å². The smallest absolute Gasteiger partial charge is 0.310 e. The van der Waals surface area contributed by atoms with Crippen LogP contribution in [0.1, 0.15) is 156 Å². The van der Waals surface area contributed by atoms with E-state index in [0.29, 0.717) is 12.8 Å². The number of aliphatic carboxylic acids is 2. The van der Waals surface area contributed by atoms with Gasteiger partial charge in [-0.2, -0.15) is 0 Å². The summed E-state index contributed by atoms with van der Waals surface area (Å²) in [5, 5.41) is 29.4. The van der Waals surface area contributed by atoms with Crippen LogP contribution in [-0.4, -0.2) is 44.3 Å². The van der Waals surface area contributed by atoms with Gasteiger partial charge in [0, 0.05) is 28.6 Å². The number of hydrogen-bond acceptors (Lipinski definition) is 4. The van der Waals surface area contributed by atoms with Crippen molar-refractivity contribution in [3.05, 3.63) is 0 Å². The molecule has 0 radical (unpaired) electrons. The maximum absolute atomic E-state index is 14.2. The van der Waals surface area contributed by atoms with Crippen LogP contribution in [0.3, 0.4) is 0 Å². The molecule has 0 spiro atoms. The summed E-state index contributed by atoms with van der Waals surface area (Å²) in [6, 6.07) is 0. The Labute approximate surface area is 259 Å². The van der Waals surface area contributed by atoms with Crippen LogP contribution in [0.2, 0.25) is 0 Å². The van der Waals surface area contributed by atoms with Crippen LogP contribution < -0.4 is 10.6 Å². The lowest BCUT2D eigenvalue weighted by atomic mass is 9.47. The first-order valence-electron chi connectivity index (χ1n) is 16.4.